The van der Waals surface area contributed by atoms with Crippen LogP contribution >= 0.6 is 34.9 Å². The molecule has 0 fully saturated rings. The Morgan fingerprint density at radius 1 is 1.53 bits per heavy atom. The Balaban J connectivity index is 2.32. The fourth-order valence-corrected chi connectivity index (χ4v) is 3.23. The predicted molar refractivity (Wildman–Crippen MR) is 64.2 cm³/mol. The molecule has 0 spiro atoms. The molecule has 0 N–H and O–H groups in total. The highest BCUT2D eigenvalue weighted by atomic mass is 35.5. The molecule has 0 unspecified atom stereocenters. The van der Waals surface area contributed by atoms with E-state index in [0.717, 1.165) is 0 Å². The maximum atomic E-state index is 8.96. The van der Waals surface area contributed by atoms with Crippen LogP contribution in [0, 0.1) is 11.3 Å². The van der Waals surface area contributed by atoms with Crippen LogP contribution in [-0.4, -0.2) is 24.6 Å². The Kier molecular flexibility index (Phi) is 3.61. The monoisotopic (exact) mass is 286 g/mol. The van der Waals surface area contributed by atoms with E-state index in [1.807, 2.05) is 19.9 Å². The van der Waals surface area contributed by atoms with Gasteiger partial charge in [-0.25, -0.2) is 4.68 Å². The van der Waals surface area contributed by atoms with Gasteiger partial charge in [-0.2, -0.15) is 9.64 Å². The molecule has 9 heteroatoms. The maximum absolute atomic E-state index is 8.96. The molecule has 0 bridgehead atoms. The first-order valence-electron chi connectivity index (χ1n) is 4.64. The van der Waals surface area contributed by atoms with E-state index in [4.69, 9.17) is 16.9 Å². The molecule has 6 nitrogen and oxygen atoms in total. The molecule has 0 radical (unpaired) electrons. The minimum absolute atomic E-state index is 0.154. The van der Waals surface area contributed by atoms with Crippen LogP contribution in [0.1, 0.15) is 25.5 Å². The summed E-state index contributed by atoms with van der Waals surface area (Å²) in [6.07, 6.45) is 0. The smallest absolute Gasteiger partial charge is 0.215 e. The minimum Gasteiger partial charge on any atom is -0.218 e. The Morgan fingerprint density at radius 3 is 2.94 bits per heavy atom. The number of aromatic nitrogens is 5. The molecule has 0 aliphatic rings. The van der Waals surface area contributed by atoms with Crippen LogP contribution in [0.3, 0.4) is 0 Å². The van der Waals surface area contributed by atoms with Crippen molar-refractivity contribution in [3.63, 3.8) is 0 Å². The molecule has 0 aliphatic carbocycles. The van der Waals surface area contributed by atoms with E-state index < -0.39 is 0 Å². The van der Waals surface area contributed by atoms with Crippen molar-refractivity contribution in [3.8, 4) is 6.07 Å². The largest absolute Gasteiger partial charge is 0.218 e. The van der Waals surface area contributed by atoms with Gasteiger partial charge < -0.3 is 0 Å². The normalized spacial score (nSPS) is 10.8. The molecule has 0 aliphatic heterocycles. The lowest BCUT2D eigenvalue weighted by Gasteiger charge is -2.05. The second-order valence-electron chi connectivity index (χ2n) is 3.35. The van der Waals surface area contributed by atoms with Crippen molar-refractivity contribution in [2.75, 3.05) is 0 Å². The summed E-state index contributed by atoms with van der Waals surface area (Å²) in [7, 11) is 0. The lowest BCUT2D eigenvalue weighted by molar-refractivity contribution is 0.477. The number of tetrazole rings is 1. The van der Waals surface area contributed by atoms with Gasteiger partial charge in [-0.15, -0.1) is 5.10 Å². The van der Waals surface area contributed by atoms with Crippen LogP contribution in [-0.2, 0) is 0 Å². The molecule has 88 valence electrons. The first kappa shape index (κ1) is 12.3. The SMILES string of the molecule is CC(C)n1nnnc1Sc1snc(Cl)c1C#N. The molecule has 0 atom stereocenters. The van der Waals surface area contributed by atoms with Gasteiger partial charge in [0.1, 0.15) is 15.8 Å². The summed E-state index contributed by atoms with van der Waals surface area (Å²) in [4.78, 5) is 0. The van der Waals surface area contributed by atoms with Gasteiger partial charge in [0.15, 0.2) is 5.15 Å². The summed E-state index contributed by atoms with van der Waals surface area (Å²) < 4.78 is 6.31. The van der Waals surface area contributed by atoms with Crippen molar-refractivity contribution in [3.05, 3.63) is 10.7 Å². The molecule has 0 saturated heterocycles. The zero-order valence-corrected chi connectivity index (χ0v) is 11.3. The molecular weight excluding hydrogens is 280 g/mol. The number of hydrogen-bond acceptors (Lipinski definition) is 7. The van der Waals surface area contributed by atoms with Gasteiger partial charge >= 0.3 is 0 Å². The molecule has 0 aromatic carbocycles. The number of nitrogens with zero attached hydrogens (tertiary/aromatic N) is 6. The van der Waals surface area contributed by atoms with E-state index in [2.05, 4.69) is 19.9 Å². The van der Waals surface area contributed by atoms with Gasteiger partial charge in [0, 0.05) is 0 Å². The number of nitriles is 1. The van der Waals surface area contributed by atoms with Crippen LogP contribution in [0.5, 0.6) is 0 Å². The summed E-state index contributed by atoms with van der Waals surface area (Å²) in [5.41, 5.74) is 0.375. The topological polar surface area (TPSA) is 80.3 Å². The fourth-order valence-electron chi connectivity index (χ4n) is 1.08. The predicted octanol–water partition coefficient (Wildman–Crippen LogP) is 2.39. The third-order valence-electron chi connectivity index (χ3n) is 1.87. The van der Waals surface area contributed by atoms with Gasteiger partial charge in [0.2, 0.25) is 5.16 Å². The molecule has 0 saturated carbocycles. The zero-order valence-electron chi connectivity index (χ0n) is 8.96. The Hall–Kier alpha value is -1.17. The van der Waals surface area contributed by atoms with Gasteiger partial charge in [-0.1, -0.05) is 11.6 Å². The molecular formula is C8H7ClN6S2. The average molecular weight is 287 g/mol. The molecule has 2 heterocycles. The second kappa shape index (κ2) is 5.00. The molecule has 2 aromatic heterocycles. The molecule has 2 aromatic rings. The van der Waals surface area contributed by atoms with Gasteiger partial charge in [0.25, 0.3) is 0 Å². The highest BCUT2D eigenvalue weighted by Gasteiger charge is 2.17. The van der Waals surface area contributed by atoms with Crippen molar-refractivity contribution in [2.45, 2.75) is 29.3 Å². The second-order valence-corrected chi connectivity index (χ2v) is 5.72. The van der Waals surface area contributed by atoms with E-state index in [0.29, 0.717) is 14.9 Å². The standard InChI is InChI=1S/C8H7ClN6S2/c1-4(2)15-8(11-13-14-15)16-7-5(3-10)6(9)12-17-7/h4H,1-2H3. The summed E-state index contributed by atoms with van der Waals surface area (Å²) in [5, 5.41) is 21.2. The van der Waals surface area contributed by atoms with Crippen LogP contribution in [0.15, 0.2) is 9.37 Å². The lowest BCUT2D eigenvalue weighted by atomic mass is 10.4. The Morgan fingerprint density at radius 2 is 2.29 bits per heavy atom. The summed E-state index contributed by atoms with van der Waals surface area (Å²) in [6, 6.07) is 2.18. The van der Waals surface area contributed by atoms with Gasteiger partial charge in [-0.05, 0) is 47.6 Å². The van der Waals surface area contributed by atoms with Crippen LogP contribution in [0.2, 0.25) is 5.15 Å². The molecule has 0 amide bonds. The van der Waals surface area contributed by atoms with Gasteiger partial charge in [0.05, 0.1) is 6.04 Å². The number of hydrogen-bond donors (Lipinski definition) is 0. The van der Waals surface area contributed by atoms with Crippen molar-refractivity contribution in [1.29, 1.82) is 5.26 Å². The Labute approximate surface area is 111 Å². The fraction of sp³-hybridized carbons (Fsp3) is 0.375. The van der Waals surface area contributed by atoms with E-state index in [9.17, 15) is 0 Å². The van der Waals surface area contributed by atoms with Crippen LogP contribution < -0.4 is 0 Å². The van der Waals surface area contributed by atoms with E-state index in [1.54, 1.807) is 4.68 Å². The lowest BCUT2D eigenvalue weighted by Crippen LogP contribution is -2.04. The molecule has 2 rings (SSSR count). The number of rotatable bonds is 3. The third kappa shape index (κ3) is 2.41. The first-order valence-corrected chi connectivity index (χ1v) is 6.61. The first-order chi connectivity index (χ1) is 8.13. The van der Waals surface area contributed by atoms with E-state index in [-0.39, 0.29) is 11.2 Å². The van der Waals surface area contributed by atoms with Crippen LogP contribution in [0.4, 0.5) is 0 Å². The average Bonchev–Trinajstić information content (AvgIpc) is 2.86. The van der Waals surface area contributed by atoms with Crippen LogP contribution in [0.25, 0.3) is 0 Å². The van der Waals surface area contributed by atoms with Crippen molar-refractivity contribution < 1.29 is 0 Å². The third-order valence-corrected chi connectivity index (χ3v) is 4.20. The minimum atomic E-state index is 0.154. The highest BCUT2D eigenvalue weighted by molar-refractivity contribution is 8.01. The number of halogens is 1. The summed E-state index contributed by atoms with van der Waals surface area (Å²) in [6.45, 7) is 3.95. The van der Waals surface area contributed by atoms with Crippen molar-refractivity contribution in [2.24, 2.45) is 0 Å². The summed E-state index contributed by atoms with van der Waals surface area (Å²) >= 11 is 8.26. The zero-order chi connectivity index (χ0) is 12.4. The molecule has 17 heavy (non-hydrogen) atoms. The quantitative estimate of drug-likeness (QED) is 0.862. The summed E-state index contributed by atoms with van der Waals surface area (Å²) in [5.74, 6) is 0. The highest BCUT2D eigenvalue weighted by Crippen LogP contribution is 2.35. The van der Waals surface area contributed by atoms with Crippen molar-refractivity contribution >= 4 is 34.9 Å². The van der Waals surface area contributed by atoms with E-state index >= 15 is 0 Å². The van der Waals surface area contributed by atoms with E-state index in [1.165, 1.54) is 23.3 Å². The Bertz CT molecular complexity index is 569. The van der Waals surface area contributed by atoms with Gasteiger partial charge in [-0.3, -0.25) is 0 Å². The maximum Gasteiger partial charge on any atom is 0.215 e. The van der Waals surface area contributed by atoms with Crippen molar-refractivity contribution in [1.82, 2.24) is 24.6 Å².